The number of hydrogen-bond acceptors (Lipinski definition) is 4. The zero-order valence-electron chi connectivity index (χ0n) is 11.9. The predicted octanol–water partition coefficient (Wildman–Crippen LogP) is -0.229. The van der Waals surface area contributed by atoms with Crippen molar-refractivity contribution in [3.8, 4) is 0 Å². The summed E-state index contributed by atoms with van der Waals surface area (Å²) >= 11 is 0. The Morgan fingerprint density at radius 2 is 2.10 bits per heavy atom. The molecular weight excluding hydrogens is 282 g/mol. The van der Waals surface area contributed by atoms with E-state index in [4.69, 9.17) is 4.74 Å². The maximum atomic E-state index is 12.3. The molecule has 7 heteroatoms. The van der Waals surface area contributed by atoms with Crippen molar-refractivity contribution in [3.63, 3.8) is 0 Å². The summed E-state index contributed by atoms with van der Waals surface area (Å²) < 4.78 is 5.24. The van der Waals surface area contributed by atoms with Crippen LogP contribution in [0.1, 0.15) is 19.8 Å². The number of rotatable bonds is 4. The molecule has 2 unspecified atom stereocenters. The fraction of sp³-hybridized carbons (Fsp3) is 0.846. The molecule has 2 heterocycles. The van der Waals surface area contributed by atoms with Gasteiger partial charge in [0.25, 0.3) is 0 Å². The summed E-state index contributed by atoms with van der Waals surface area (Å²) in [6.07, 6.45) is 1.48. The number of carbonyl (C=O) groups is 2. The van der Waals surface area contributed by atoms with Crippen molar-refractivity contribution in [2.75, 3.05) is 39.4 Å². The summed E-state index contributed by atoms with van der Waals surface area (Å²) in [5.74, 6) is 0.0232. The topological polar surface area (TPSA) is 70.7 Å². The van der Waals surface area contributed by atoms with E-state index >= 15 is 0 Å². The normalized spacial score (nSPS) is 23.9. The standard InChI is InChI=1S/C13H23N3O3.ClH/c1-2-11(13(18)16-5-7-19-8-6-16)15-12(17)10-3-4-14-9-10;/h10-11,14H,2-9H2,1H3,(H,15,17);1H. The maximum absolute atomic E-state index is 12.3. The Morgan fingerprint density at radius 1 is 1.40 bits per heavy atom. The first kappa shape index (κ1) is 17.2. The molecule has 2 amide bonds. The van der Waals surface area contributed by atoms with Crippen molar-refractivity contribution in [1.29, 1.82) is 0 Å². The minimum absolute atomic E-state index is 0. The fourth-order valence-corrected chi connectivity index (χ4v) is 2.51. The van der Waals surface area contributed by atoms with Crippen LogP contribution in [-0.2, 0) is 14.3 Å². The molecule has 0 aromatic carbocycles. The van der Waals surface area contributed by atoms with Crippen LogP contribution in [0.25, 0.3) is 0 Å². The lowest BCUT2D eigenvalue weighted by Gasteiger charge is -2.30. The average Bonchev–Trinajstić information content (AvgIpc) is 2.99. The summed E-state index contributed by atoms with van der Waals surface area (Å²) in [6, 6.07) is -0.397. The quantitative estimate of drug-likeness (QED) is 0.753. The smallest absolute Gasteiger partial charge is 0.245 e. The molecule has 6 nitrogen and oxygen atoms in total. The van der Waals surface area contributed by atoms with Crippen LogP contribution in [0.5, 0.6) is 0 Å². The molecule has 0 spiro atoms. The van der Waals surface area contributed by atoms with E-state index in [1.165, 1.54) is 0 Å². The summed E-state index contributed by atoms with van der Waals surface area (Å²) in [5, 5.41) is 6.06. The number of nitrogens with zero attached hydrogens (tertiary/aromatic N) is 1. The number of nitrogens with one attached hydrogen (secondary N) is 2. The molecule has 2 fully saturated rings. The molecule has 2 rings (SSSR count). The van der Waals surface area contributed by atoms with Gasteiger partial charge in [-0.2, -0.15) is 0 Å². The number of halogens is 1. The van der Waals surface area contributed by atoms with Gasteiger partial charge < -0.3 is 20.3 Å². The summed E-state index contributed by atoms with van der Waals surface area (Å²) in [4.78, 5) is 26.2. The highest BCUT2D eigenvalue weighted by atomic mass is 35.5. The Kier molecular flexibility index (Phi) is 7.26. The molecule has 2 saturated heterocycles. The highest BCUT2D eigenvalue weighted by Gasteiger charge is 2.29. The van der Waals surface area contributed by atoms with Crippen molar-refractivity contribution in [2.24, 2.45) is 5.92 Å². The second kappa shape index (κ2) is 8.44. The first-order chi connectivity index (χ1) is 9.22. The van der Waals surface area contributed by atoms with Crippen molar-refractivity contribution in [3.05, 3.63) is 0 Å². The number of amides is 2. The van der Waals surface area contributed by atoms with Crippen LogP contribution in [0.15, 0.2) is 0 Å². The van der Waals surface area contributed by atoms with E-state index < -0.39 is 6.04 Å². The predicted molar refractivity (Wildman–Crippen MR) is 77.8 cm³/mol. The monoisotopic (exact) mass is 305 g/mol. The highest BCUT2D eigenvalue weighted by molar-refractivity contribution is 5.88. The Hall–Kier alpha value is -0.850. The van der Waals surface area contributed by atoms with Crippen LogP contribution in [0.4, 0.5) is 0 Å². The van der Waals surface area contributed by atoms with E-state index in [1.54, 1.807) is 4.90 Å². The number of ether oxygens (including phenoxy) is 1. The number of carbonyl (C=O) groups excluding carboxylic acids is 2. The molecule has 0 aliphatic carbocycles. The fourth-order valence-electron chi connectivity index (χ4n) is 2.51. The van der Waals surface area contributed by atoms with Gasteiger partial charge in [0.15, 0.2) is 0 Å². The summed E-state index contributed by atoms with van der Waals surface area (Å²) in [5.41, 5.74) is 0. The van der Waals surface area contributed by atoms with E-state index in [2.05, 4.69) is 10.6 Å². The first-order valence-corrected chi connectivity index (χ1v) is 7.10. The van der Waals surface area contributed by atoms with Crippen LogP contribution in [-0.4, -0.2) is 62.1 Å². The van der Waals surface area contributed by atoms with Crippen LogP contribution >= 0.6 is 12.4 Å². The zero-order valence-corrected chi connectivity index (χ0v) is 12.7. The van der Waals surface area contributed by atoms with Gasteiger partial charge in [0.2, 0.25) is 11.8 Å². The van der Waals surface area contributed by atoms with E-state index in [0.29, 0.717) is 39.3 Å². The SMILES string of the molecule is CCC(NC(=O)C1CCNC1)C(=O)N1CCOCC1.Cl. The Morgan fingerprint density at radius 3 is 2.65 bits per heavy atom. The lowest BCUT2D eigenvalue weighted by atomic mass is 10.1. The summed E-state index contributed by atoms with van der Waals surface area (Å²) in [6.45, 7) is 5.94. The maximum Gasteiger partial charge on any atom is 0.245 e. The Bertz CT molecular complexity index is 329. The molecule has 0 bridgehead atoms. The molecule has 2 aliphatic rings. The second-order valence-electron chi connectivity index (χ2n) is 5.10. The van der Waals surface area contributed by atoms with E-state index in [1.807, 2.05) is 6.92 Å². The third kappa shape index (κ3) is 4.33. The number of hydrogen-bond donors (Lipinski definition) is 2. The van der Waals surface area contributed by atoms with E-state index in [-0.39, 0.29) is 30.1 Å². The van der Waals surface area contributed by atoms with E-state index in [9.17, 15) is 9.59 Å². The van der Waals surface area contributed by atoms with Crippen molar-refractivity contribution in [1.82, 2.24) is 15.5 Å². The highest BCUT2D eigenvalue weighted by Crippen LogP contribution is 2.09. The van der Waals surface area contributed by atoms with Crippen molar-refractivity contribution >= 4 is 24.2 Å². The average molecular weight is 306 g/mol. The molecule has 2 atom stereocenters. The first-order valence-electron chi connectivity index (χ1n) is 7.10. The number of morpholine rings is 1. The molecule has 2 N–H and O–H groups in total. The zero-order chi connectivity index (χ0) is 13.7. The van der Waals surface area contributed by atoms with Gasteiger partial charge >= 0.3 is 0 Å². The molecule has 20 heavy (non-hydrogen) atoms. The van der Waals surface area contributed by atoms with Crippen LogP contribution in [0.3, 0.4) is 0 Å². The van der Waals surface area contributed by atoms with Crippen molar-refractivity contribution < 1.29 is 14.3 Å². The molecule has 0 aromatic heterocycles. The third-order valence-electron chi connectivity index (χ3n) is 3.78. The van der Waals surface area contributed by atoms with Gasteiger partial charge in [-0.15, -0.1) is 12.4 Å². The van der Waals surface area contributed by atoms with Gasteiger partial charge in [-0.25, -0.2) is 0 Å². The van der Waals surface area contributed by atoms with Crippen LogP contribution < -0.4 is 10.6 Å². The molecule has 0 radical (unpaired) electrons. The minimum Gasteiger partial charge on any atom is -0.378 e. The molecule has 2 aliphatic heterocycles. The van der Waals surface area contributed by atoms with Gasteiger partial charge in [-0.1, -0.05) is 6.92 Å². The summed E-state index contributed by atoms with van der Waals surface area (Å²) in [7, 11) is 0. The lowest BCUT2D eigenvalue weighted by molar-refractivity contribution is -0.140. The second-order valence-corrected chi connectivity index (χ2v) is 5.10. The molecule has 0 aromatic rings. The van der Waals surface area contributed by atoms with Gasteiger partial charge in [0.05, 0.1) is 19.1 Å². The van der Waals surface area contributed by atoms with Crippen molar-refractivity contribution in [2.45, 2.75) is 25.8 Å². The van der Waals surface area contributed by atoms with Gasteiger partial charge in [0, 0.05) is 19.6 Å². The largest absolute Gasteiger partial charge is 0.378 e. The third-order valence-corrected chi connectivity index (χ3v) is 3.78. The lowest BCUT2D eigenvalue weighted by Crippen LogP contribution is -2.52. The van der Waals surface area contributed by atoms with Gasteiger partial charge in [-0.3, -0.25) is 9.59 Å². The van der Waals surface area contributed by atoms with Gasteiger partial charge in [0.1, 0.15) is 6.04 Å². The molecule has 0 saturated carbocycles. The molecule has 116 valence electrons. The van der Waals surface area contributed by atoms with Crippen LogP contribution in [0, 0.1) is 5.92 Å². The Labute approximate surface area is 126 Å². The Balaban J connectivity index is 0.00000200. The van der Waals surface area contributed by atoms with Crippen LogP contribution in [0.2, 0.25) is 0 Å². The minimum atomic E-state index is -0.397. The molecular formula is C13H24ClN3O3. The van der Waals surface area contributed by atoms with Gasteiger partial charge in [-0.05, 0) is 19.4 Å². The van der Waals surface area contributed by atoms with E-state index in [0.717, 1.165) is 13.0 Å².